The minimum absolute atomic E-state index is 0.576. The molecule has 0 aliphatic rings. The maximum Gasteiger partial charge on any atom is 0.177 e. The molecule has 0 aliphatic heterocycles. The van der Waals surface area contributed by atoms with E-state index in [1.165, 1.54) is 11.1 Å². The fourth-order valence-corrected chi connectivity index (χ4v) is 2.57. The van der Waals surface area contributed by atoms with Crippen LogP contribution in [-0.2, 0) is 6.42 Å². The van der Waals surface area contributed by atoms with Crippen LogP contribution in [0.3, 0.4) is 0 Å². The largest absolute Gasteiger partial charge is 0.497 e. The lowest BCUT2D eigenvalue weighted by Gasteiger charge is -2.05. The summed E-state index contributed by atoms with van der Waals surface area (Å²) in [5.41, 5.74) is 4.34. The Hall–Kier alpha value is -3.08. The molecular formula is C21H22N4O. The average molecular weight is 346 g/mol. The van der Waals surface area contributed by atoms with E-state index in [9.17, 15) is 0 Å². The number of rotatable bonds is 6. The third-order valence-electron chi connectivity index (χ3n) is 4.00. The van der Waals surface area contributed by atoms with E-state index >= 15 is 0 Å². The molecule has 132 valence electrons. The molecule has 0 spiro atoms. The second kappa shape index (κ2) is 8.34. The molecule has 1 aromatic heterocycles. The standard InChI is InChI=1S/C21H22N4O/c1-15-4-6-17(7-5-15)12-13-22-25-21-14-20(23-16(2)24-21)18-8-10-19(26-3)11-9-18/h4-11,14H,12-13H2,1-3H3. The Balaban J connectivity index is 1.69. The fraction of sp³-hybridized carbons (Fsp3) is 0.238. The van der Waals surface area contributed by atoms with Crippen molar-refractivity contribution >= 4 is 5.82 Å². The number of aromatic nitrogens is 2. The number of methoxy groups -OCH3 is 1. The topological polar surface area (TPSA) is 59.7 Å². The van der Waals surface area contributed by atoms with Crippen LogP contribution in [0, 0.1) is 13.8 Å². The van der Waals surface area contributed by atoms with Gasteiger partial charge in [0.25, 0.3) is 0 Å². The first-order valence-electron chi connectivity index (χ1n) is 8.57. The Morgan fingerprint density at radius 3 is 2.35 bits per heavy atom. The van der Waals surface area contributed by atoms with Gasteiger partial charge in [-0.3, -0.25) is 0 Å². The minimum atomic E-state index is 0.576. The van der Waals surface area contributed by atoms with Crippen molar-refractivity contribution < 1.29 is 4.74 Å². The van der Waals surface area contributed by atoms with E-state index < -0.39 is 0 Å². The normalized spacial score (nSPS) is 11.0. The molecule has 0 unspecified atom stereocenters. The molecule has 0 aliphatic carbocycles. The zero-order valence-corrected chi connectivity index (χ0v) is 15.3. The lowest BCUT2D eigenvalue weighted by molar-refractivity contribution is 0.415. The Kier molecular flexibility index (Phi) is 5.69. The lowest BCUT2D eigenvalue weighted by Crippen LogP contribution is -1.92. The van der Waals surface area contributed by atoms with Gasteiger partial charge in [0.05, 0.1) is 19.3 Å². The highest BCUT2D eigenvalue weighted by molar-refractivity contribution is 5.62. The van der Waals surface area contributed by atoms with Crippen molar-refractivity contribution in [1.82, 2.24) is 9.97 Å². The van der Waals surface area contributed by atoms with Crippen molar-refractivity contribution in [1.29, 1.82) is 0 Å². The lowest BCUT2D eigenvalue weighted by atomic mass is 10.1. The Morgan fingerprint density at radius 2 is 1.65 bits per heavy atom. The van der Waals surface area contributed by atoms with E-state index in [1.54, 1.807) is 7.11 Å². The molecule has 3 rings (SSSR count). The molecule has 0 fully saturated rings. The van der Waals surface area contributed by atoms with Gasteiger partial charge in [-0.05, 0) is 50.1 Å². The number of aryl methyl sites for hydroxylation is 2. The summed E-state index contributed by atoms with van der Waals surface area (Å²) in [6.45, 7) is 4.57. The Morgan fingerprint density at radius 1 is 0.923 bits per heavy atom. The van der Waals surface area contributed by atoms with E-state index in [0.29, 0.717) is 18.2 Å². The van der Waals surface area contributed by atoms with Gasteiger partial charge < -0.3 is 4.74 Å². The van der Waals surface area contributed by atoms with Crippen LogP contribution in [0.25, 0.3) is 11.3 Å². The molecule has 0 radical (unpaired) electrons. The van der Waals surface area contributed by atoms with Gasteiger partial charge in [0.15, 0.2) is 5.82 Å². The smallest absolute Gasteiger partial charge is 0.177 e. The van der Waals surface area contributed by atoms with Gasteiger partial charge >= 0.3 is 0 Å². The van der Waals surface area contributed by atoms with E-state index in [1.807, 2.05) is 37.3 Å². The molecule has 2 aromatic carbocycles. The molecule has 26 heavy (non-hydrogen) atoms. The summed E-state index contributed by atoms with van der Waals surface area (Å²) in [4.78, 5) is 8.84. The summed E-state index contributed by atoms with van der Waals surface area (Å²) in [6.07, 6.45) is 0.860. The van der Waals surface area contributed by atoms with E-state index in [-0.39, 0.29) is 0 Å². The monoisotopic (exact) mass is 346 g/mol. The van der Waals surface area contributed by atoms with Gasteiger partial charge in [0.1, 0.15) is 11.6 Å². The van der Waals surface area contributed by atoms with Crippen LogP contribution >= 0.6 is 0 Å². The predicted molar refractivity (Wildman–Crippen MR) is 103 cm³/mol. The summed E-state index contributed by atoms with van der Waals surface area (Å²) in [5, 5.41) is 8.55. The van der Waals surface area contributed by atoms with E-state index in [2.05, 4.69) is 51.4 Å². The SMILES string of the molecule is COc1ccc(-c2cc(N=NCCc3ccc(C)cc3)nc(C)n2)cc1. The first kappa shape index (κ1) is 17.7. The van der Waals surface area contributed by atoms with Crippen molar-refractivity contribution in [3.8, 4) is 17.0 Å². The van der Waals surface area contributed by atoms with Gasteiger partial charge in [-0.1, -0.05) is 29.8 Å². The molecule has 5 heteroatoms. The zero-order valence-electron chi connectivity index (χ0n) is 15.3. The summed E-state index contributed by atoms with van der Waals surface area (Å²) in [5.74, 6) is 2.06. The maximum atomic E-state index is 5.19. The highest BCUT2D eigenvalue weighted by atomic mass is 16.5. The Labute approximate surface area is 153 Å². The number of ether oxygens (including phenoxy) is 1. The number of hydrogen-bond donors (Lipinski definition) is 0. The molecule has 0 atom stereocenters. The number of benzene rings is 2. The minimum Gasteiger partial charge on any atom is -0.497 e. The quantitative estimate of drug-likeness (QED) is 0.584. The van der Waals surface area contributed by atoms with Crippen LogP contribution < -0.4 is 4.74 Å². The average Bonchev–Trinajstić information content (AvgIpc) is 2.66. The van der Waals surface area contributed by atoms with Crippen molar-refractivity contribution in [2.45, 2.75) is 20.3 Å². The molecular weight excluding hydrogens is 324 g/mol. The Bertz CT molecular complexity index is 887. The van der Waals surface area contributed by atoms with Crippen molar-refractivity contribution in [2.75, 3.05) is 13.7 Å². The zero-order chi connectivity index (χ0) is 18.4. The molecule has 0 saturated carbocycles. The molecule has 0 saturated heterocycles. The van der Waals surface area contributed by atoms with Crippen LogP contribution in [0.2, 0.25) is 0 Å². The van der Waals surface area contributed by atoms with Crippen LogP contribution in [0.1, 0.15) is 17.0 Å². The van der Waals surface area contributed by atoms with Gasteiger partial charge in [-0.15, -0.1) is 5.11 Å². The third kappa shape index (κ3) is 4.72. The summed E-state index contributed by atoms with van der Waals surface area (Å²) >= 11 is 0. The second-order valence-corrected chi connectivity index (χ2v) is 6.09. The van der Waals surface area contributed by atoms with Crippen molar-refractivity contribution in [2.24, 2.45) is 10.2 Å². The first-order valence-corrected chi connectivity index (χ1v) is 8.57. The van der Waals surface area contributed by atoms with Crippen LogP contribution in [0.5, 0.6) is 5.75 Å². The summed E-state index contributed by atoms with van der Waals surface area (Å²) < 4.78 is 5.19. The van der Waals surface area contributed by atoms with Gasteiger partial charge in [0, 0.05) is 11.6 Å². The van der Waals surface area contributed by atoms with Gasteiger partial charge in [0.2, 0.25) is 0 Å². The van der Waals surface area contributed by atoms with Crippen LogP contribution in [-0.4, -0.2) is 23.6 Å². The molecule has 3 aromatic rings. The third-order valence-corrected chi connectivity index (χ3v) is 4.00. The number of azo groups is 1. The van der Waals surface area contributed by atoms with Crippen LogP contribution in [0.4, 0.5) is 5.82 Å². The van der Waals surface area contributed by atoms with Crippen LogP contribution in [0.15, 0.2) is 64.8 Å². The molecule has 0 bridgehead atoms. The van der Waals surface area contributed by atoms with Gasteiger partial charge in [-0.25, -0.2) is 9.97 Å². The number of hydrogen-bond acceptors (Lipinski definition) is 5. The van der Waals surface area contributed by atoms with Crippen molar-refractivity contribution in [3.05, 3.63) is 71.5 Å². The summed E-state index contributed by atoms with van der Waals surface area (Å²) in [6, 6.07) is 18.1. The predicted octanol–water partition coefficient (Wildman–Crippen LogP) is 5.10. The molecule has 1 heterocycles. The van der Waals surface area contributed by atoms with E-state index in [0.717, 1.165) is 23.4 Å². The maximum absolute atomic E-state index is 5.19. The fourth-order valence-electron chi connectivity index (χ4n) is 2.57. The molecule has 0 N–H and O–H groups in total. The molecule has 5 nitrogen and oxygen atoms in total. The number of nitrogens with zero attached hydrogens (tertiary/aromatic N) is 4. The van der Waals surface area contributed by atoms with Gasteiger partial charge in [-0.2, -0.15) is 5.11 Å². The summed E-state index contributed by atoms with van der Waals surface area (Å²) in [7, 11) is 1.65. The molecule has 0 amide bonds. The van der Waals surface area contributed by atoms with Crippen molar-refractivity contribution in [3.63, 3.8) is 0 Å². The first-order chi connectivity index (χ1) is 12.6. The van der Waals surface area contributed by atoms with E-state index in [4.69, 9.17) is 4.74 Å². The second-order valence-electron chi connectivity index (χ2n) is 6.09. The highest BCUT2D eigenvalue weighted by Crippen LogP contribution is 2.23. The highest BCUT2D eigenvalue weighted by Gasteiger charge is 2.04.